The lowest BCUT2D eigenvalue weighted by Crippen LogP contribution is -2.39. The first-order chi connectivity index (χ1) is 20.5. The second kappa shape index (κ2) is 14.6. The van der Waals surface area contributed by atoms with Crippen molar-refractivity contribution in [2.45, 2.75) is 25.3 Å². The zero-order valence-electron chi connectivity index (χ0n) is 23.3. The highest BCUT2D eigenvalue weighted by molar-refractivity contribution is 7.92. The summed E-state index contributed by atoms with van der Waals surface area (Å²) in [7, 11) is -4.15. The van der Waals surface area contributed by atoms with E-state index in [1.54, 1.807) is 42.5 Å². The Morgan fingerprint density at radius 3 is 2.19 bits per heavy atom. The average molecular weight is 661 g/mol. The number of amides is 1. The van der Waals surface area contributed by atoms with Crippen molar-refractivity contribution in [2.24, 2.45) is 5.10 Å². The van der Waals surface area contributed by atoms with Gasteiger partial charge < -0.3 is 9.47 Å². The summed E-state index contributed by atoms with van der Waals surface area (Å²) in [5, 5.41) is 5.09. The Balaban J connectivity index is 1.49. The number of halogens is 3. The van der Waals surface area contributed by atoms with Crippen LogP contribution in [0.4, 0.5) is 5.69 Å². The maximum Gasteiger partial charge on any atom is 0.264 e. The highest BCUT2D eigenvalue weighted by atomic mass is 35.5. The zero-order valence-corrected chi connectivity index (χ0v) is 26.3. The van der Waals surface area contributed by atoms with Crippen molar-refractivity contribution >= 4 is 62.6 Å². The number of rotatable bonds is 12. The van der Waals surface area contributed by atoms with Crippen LogP contribution < -0.4 is 19.2 Å². The highest BCUT2D eigenvalue weighted by Crippen LogP contribution is 2.31. The molecule has 4 aromatic carbocycles. The first-order valence-electron chi connectivity index (χ1n) is 13.1. The Bertz CT molecular complexity index is 1690. The SMILES string of the molecule is CCOc1cc(/C=N\NC(=O)CN(c2cc(Cl)cc(Cl)c2)S(=O)(=O)c2ccc(C)cc2)ccc1OCc1ccc(Cl)cc1. The molecule has 0 bridgehead atoms. The smallest absolute Gasteiger partial charge is 0.264 e. The molecule has 0 atom stereocenters. The third kappa shape index (κ3) is 8.87. The van der Waals surface area contributed by atoms with Crippen LogP contribution in [0.5, 0.6) is 11.5 Å². The molecule has 4 aromatic rings. The van der Waals surface area contributed by atoms with Gasteiger partial charge in [0.25, 0.3) is 15.9 Å². The van der Waals surface area contributed by atoms with E-state index in [9.17, 15) is 13.2 Å². The van der Waals surface area contributed by atoms with Gasteiger partial charge in [0.05, 0.1) is 23.4 Å². The number of carbonyl (C=O) groups excluding carboxylic acids is 1. The molecule has 224 valence electrons. The van der Waals surface area contributed by atoms with E-state index in [0.717, 1.165) is 15.4 Å². The maximum absolute atomic E-state index is 13.6. The van der Waals surface area contributed by atoms with Gasteiger partial charge >= 0.3 is 0 Å². The third-order valence-electron chi connectivity index (χ3n) is 6.01. The van der Waals surface area contributed by atoms with Gasteiger partial charge in [0.15, 0.2) is 11.5 Å². The van der Waals surface area contributed by atoms with Gasteiger partial charge in [-0.15, -0.1) is 0 Å². The van der Waals surface area contributed by atoms with E-state index in [4.69, 9.17) is 44.3 Å². The number of hydrogen-bond acceptors (Lipinski definition) is 6. The van der Waals surface area contributed by atoms with E-state index >= 15 is 0 Å². The number of sulfonamides is 1. The fourth-order valence-electron chi connectivity index (χ4n) is 3.91. The number of carbonyl (C=O) groups is 1. The number of benzene rings is 4. The van der Waals surface area contributed by atoms with Crippen molar-refractivity contribution in [1.29, 1.82) is 0 Å². The molecular weight excluding hydrogens is 633 g/mol. The molecule has 12 heteroatoms. The minimum atomic E-state index is -4.15. The standard InChI is InChI=1S/C31H28Cl3N3O5S/c1-3-41-30-14-23(8-13-29(30)42-20-22-6-9-24(32)10-7-22)18-35-36-31(38)19-37(27-16-25(33)15-26(34)17-27)43(39,40)28-11-4-21(2)5-12-28/h4-18H,3,19-20H2,1-2H3,(H,36,38)/b35-18-. The summed E-state index contributed by atoms with van der Waals surface area (Å²) in [5.74, 6) is 0.353. The summed E-state index contributed by atoms with van der Waals surface area (Å²) in [6, 6.07) is 23.1. The quantitative estimate of drug-likeness (QED) is 0.127. The average Bonchev–Trinajstić information content (AvgIpc) is 2.96. The molecule has 0 saturated heterocycles. The molecule has 0 heterocycles. The van der Waals surface area contributed by atoms with E-state index in [0.29, 0.717) is 35.3 Å². The van der Waals surface area contributed by atoms with Crippen molar-refractivity contribution in [1.82, 2.24) is 5.43 Å². The van der Waals surface area contributed by atoms with Gasteiger partial charge in [-0.05, 0) is 85.6 Å². The predicted molar refractivity (Wildman–Crippen MR) is 171 cm³/mol. The molecule has 43 heavy (non-hydrogen) atoms. The number of ether oxygens (including phenoxy) is 2. The Morgan fingerprint density at radius 2 is 1.53 bits per heavy atom. The molecule has 0 aliphatic heterocycles. The lowest BCUT2D eigenvalue weighted by Gasteiger charge is -2.24. The minimum absolute atomic E-state index is 0.00678. The first kappa shape index (κ1) is 32.2. The number of hydrogen-bond donors (Lipinski definition) is 1. The molecule has 0 fully saturated rings. The Labute approximate surface area is 265 Å². The number of hydrazone groups is 1. The van der Waals surface area contributed by atoms with Crippen LogP contribution in [0.3, 0.4) is 0 Å². The van der Waals surface area contributed by atoms with Gasteiger partial charge in [-0.25, -0.2) is 13.8 Å². The van der Waals surface area contributed by atoms with Gasteiger partial charge in [-0.3, -0.25) is 9.10 Å². The van der Waals surface area contributed by atoms with Crippen molar-refractivity contribution in [3.05, 3.63) is 117 Å². The second-order valence-electron chi connectivity index (χ2n) is 9.30. The topological polar surface area (TPSA) is 97.3 Å². The largest absolute Gasteiger partial charge is 0.490 e. The van der Waals surface area contributed by atoms with Crippen LogP contribution in [0.15, 0.2) is 94.9 Å². The van der Waals surface area contributed by atoms with Crippen LogP contribution in [-0.4, -0.2) is 33.7 Å². The molecule has 0 spiro atoms. The molecule has 0 radical (unpaired) electrons. The van der Waals surface area contributed by atoms with Gasteiger partial charge in [0.2, 0.25) is 0 Å². The first-order valence-corrected chi connectivity index (χ1v) is 15.6. The summed E-state index contributed by atoms with van der Waals surface area (Å²) in [5.41, 5.74) is 4.97. The van der Waals surface area contributed by atoms with Crippen molar-refractivity contribution < 1.29 is 22.7 Å². The van der Waals surface area contributed by atoms with Crippen LogP contribution in [0.25, 0.3) is 0 Å². The number of anilines is 1. The Kier molecular flexibility index (Phi) is 10.9. The monoisotopic (exact) mass is 659 g/mol. The fraction of sp³-hybridized carbons (Fsp3) is 0.161. The number of nitrogens with one attached hydrogen (secondary N) is 1. The van der Waals surface area contributed by atoms with Gasteiger partial charge in [0.1, 0.15) is 13.2 Å². The van der Waals surface area contributed by atoms with E-state index in [1.165, 1.54) is 36.5 Å². The van der Waals surface area contributed by atoms with Crippen molar-refractivity contribution in [3.8, 4) is 11.5 Å². The number of nitrogens with zero attached hydrogens (tertiary/aromatic N) is 2. The summed E-state index contributed by atoms with van der Waals surface area (Å²) >= 11 is 18.2. The number of aryl methyl sites for hydroxylation is 1. The fourth-order valence-corrected chi connectivity index (χ4v) is 5.96. The van der Waals surface area contributed by atoms with Crippen LogP contribution >= 0.6 is 34.8 Å². The zero-order chi connectivity index (χ0) is 31.0. The predicted octanol–water partition coefficient (Wildman–Crippen LogP) is 7.28. The molecular formula is C31H28Cl3N3O5S. The molecule has 0 saturated carbocycles. The molecule has 4 rings (SSSR count). The molecule has 0 aromatic heterocycles. The minimum Gasteiger partial charge on any atom is -0.490 e. The molecule has 0 aliphatic carbocycles. The van der Waals surface area contributed by atoms with Gasteiger partial charge in [0, 0.05) is 15.1 Å². The maximum atomic E-state index is 13.6. The lowest BCUT2D eigenvalue weighted by atomic mass is 10.2. The van der Waals surface area contributed by atoms with E-state index in [2.05, 4.69) is 10.5 Å². The van der Waals surface area contributed by atoms with Crippen molar-refractivity contribution in [3.63, 3.8) is 0 Å². The second-order valence-corrected chi connectivity index (χ2v) is 12.5. The van der Waals surface area contributed by atoms with Crippen molar-refractivity contribution in [2.75, 3.05) is 17.5 Å². The Hall–Kier alpha value is -3.76. The summed E-state index contributed by atoms with van der Waals surface area (Å²) in [6.07, 6.45) is 1.42. The summed E-state index contributed by atoms with van der Waals surface area (Å²) in [4.78, 5) is 12.9. The van der Waals surface area contributed by atoms with Crippen LogP contribution in [-0.2, 0) is 21.4 Å². The molecule has 8 nitrogen and oxygen atoms in total. The summed E-state index contributed by atoms with van der Waals surface area (Å²) in [6.45, 7) is 3.85. The normalized spacial score (nSPS) is 11.4. The van der Waals surface area contributed by atoms with Crippen LogP contribution in [0.2, 0.25) is 15.1 Å². The lowest BCUT2D eigenvalue weighted by molar-refractivity contribution is -0.119. The van der Waals surface area contributed by atoms with E-state index < -0.39 is 22.5 Å². The molecule has 0 aliphatic rings. The van der Waals surface area contributed by atoms with E-state index in [-0.39, 0.29) is 20.6 Å². The Morgan fingerprint density at radius 1 is 0.860 bits per heavy atom. The molecule has 0 unspecified atom stereocenters. The van der Waals surface area contributed by atoms with Crippen LogP contribution in [0.1, 0.15) is 23.6 Å². The summed E-state index contributed by atoms with van der Waals surface area (Å²) < 4.78 is 39.7. The third-order valence-corrected chi connectivity index (χ3v) is 8.49. The van der Waals surface area contributed by atoms with Gasteiger partial charge in [-0.1, -0.05) is 64.6 Å². The molecule has 1 amide bonds. The van der Waals surface area contributed by atoms with Gasteiger partial charge in [-0.2, -0.15) is 5.10 Å². The van der Waals surface area contributed by atoms with Crippen LogP contribution in [0, 0.1) is 6.92 Å². The van der Waals surface area contributed by atoms with E-state index in [1.807, 2.05) is 26.0 Å². The molecule has 1 N–H and O–H groups in total. The highest BCUT2D eigenvalue weighted by Gasteiger charge is 2.27.